The van der Waals surface area contributed by atoms with Crippen LogP contribution in [0.5, 0.6) is 0 Å². The van der Waals surface area contributed by atoms with Gasteiger partial charge in [-0.15, -0.1) is 11.3 Å². The van der Waals surface area contributed by atoms with Crippen LogP contribution in [-0.2, 0) is 29.0 Å². The molecule has 1 aliphatic rings. The first-order chi connectivity index (χ1) is 11.5. The molecule has 2 aromatic rings. The molecule has 1 atom stereocenters. The van der Waals surface area contributed by atoms with Crippen molar-refractivity contribution in [3.8, 4) is 0 Å². The van der Waals surface area contributed by atoms with Crippen LogP contribution in [-0.4, -0.2) is 35.0 Å². The number of nitrogens with zero attached hydrogens (tertiary/aromatic N) is 2. The highest BCUT2D eigenvalue weighted by atomic mass is 32.1. The molecule has 2 N–H and O–H groups in total. The number of hydrogen-bond acceptors (Lipinski definition) is 5. The Morgan fingerprint density at radius 2 is 2.21 bits per heavy atom. The minimum absolute atomic E-state index is 0.106. The lowest BCUT2D eigenvalue weighted by molar-refractivity contribution is -0.126. The third-order valence-corrected chi connectivity index (χ3v) is 5.48. The lowest BCUT2D eigenvalue weighted by atomic mass is 9.89. The zero-order valence-corrected chi connectivity index (χ0v) is 14.5. The molecule has 0 radical (unpaired) electrons. The predicted octanol–water partition coefficient (Wildman–Crippen LogP) is 0.445. The summed E-state index contributed by atoms with van der Waals surface area (Å²) in [4.78, 5) is 42.2. The van der Waals surface area contributed by atoms with Crippen LogP contribution in [0, 0.1) is 5.92 Å². The molecule has 7 nitrogen and oxygen atoms in total. The summed E-state index contributed by atoms with van der Waals surface area (Å²) in [6.45, 7) is 1.97. The maximum atomic E-state index is 12.7. The highest BCUT2D eigenvalue weighted by Crippen LogP contribution is 2.35. The predicted molar refractivity (Wildman–Crippen MR) is 92.1 cm³/mol. The van der Waals surface area contributed by atoms with E-state index in [1.54, 1.807) is 11.3 Å². The van der Waals surface area contributed by atoms with E-state index in [0.29, 0.717) is 11.3 Å². The zero-order chi connectivity index (χ0) is 17.3. The second kappa shape index (κ2) is 6.72. The van der Waals surface area contributed by atoms with E-state index < -0.39 is 0 Å². The van der Waals surface area contributed by atoms with Gasteiger partial charge in [0, 0.05) is 11.9 Å². The van der Waals surface area contributed by atoms with Crippen molar-refractivity contribution in [2.75, 3.05) is 13.6 Å². The van der Waals surface area contributed by atoms with E-state index in [-0.39, 0.29) is 30.5 Å². The Labute approximate surface area is 143 Å². The number of thiophene rings is 1. The fourth-order valence-corrected chi connectivity index (χ4v) is 4.30. The van der Waals surface area contributed by atoms with Crippen molar-refractivity contribution in [2.45, 2.75) is 32.7 Å². The van der Waals surface area contributed by atoms with Crippen LogP contribution in [0.3, 0.4) is 0 Å². The number of likely N-dealkylation sites (N-methyl/N-ethyl adjacent to an activating group) is 1. The molecule has 0 saturated carbocycles. The van der Waals surface area contributed by atoms with Crippen LogP contribution in [0.1, 0.15) is 23.8 Å². The Hall–Kier alpha value is -2.22. The molecular formula is C16H20N4O3S. The molecule has 128 valence electrons. The normalized spacial score (nSPS) is 16.7. The molecule has 0 bridgehead atoms. The highest BCUT2D eigenvalue weighted by Gasteiger charge is 2.23. The summed E-state index contributed by atoms with van der Waals surface area (Å²) in [5.41, 5.74) is 0.924. The van der Waals surface area contributed by atoms with Gasteiger partial charge in [0.2, 0.25) is 11.8 Å². The molecule has 3 rings (SSSR count). The highest BCUT2D eigenvalue weighted by molar-refractivity contribution is 7.18. The smallest absolute Gasteiger partial charge is 0.262 e. The second-order valence-corrected chi connectivity index (χ2v) is 7.24. The minimum atomic E-state index is -0.389. The standard InChI is InChI=1S/C16H20N4O3S/c1-9-3-4-10-11(5-9)24-15-14(10)16(23)20(8-19-15)7-13(22)18-6-12(21)17-2/h8-9H,3-7H2,1-2H3,(H,17,21)(H,18,22)/t9-/m1/s1. The summed E-state index contributed by atoms with van der Waals surface area (Å²) in [5.74, 6) is -0.0480. The van der Waals surface area contributed by atoms with Crippen molar-refractivity contribution in [1.29, 1.82) is 0 Å². The molecule has 2 amide bonds. The first-order valence-electron chi connectivity index (χ1n) is 7.96. The van der Waals surface area contributed by atoms with Crippen molar-refractivity contribution in [3.63, 3.8) is 0 Å². The van der Waals surface area contributed by atoms with Crippen molar-refractivity contribution < 1.29 is 9.59 Å². The van der Waals surface area contributed by atoms with E-state index in [1.807, 2.05) is 0 Å². The Morgan fingerprint density at radius 3 is 2.96 bits per heavy atom. The van der Waals surface area contributed by atoms with Crippen molar-refractivity contribution in [1.82, 2.24) is 20.2 Å². The van der Waals surface area contributed by atoms with Crippen LogP contribution >= 0.6 is 11.3 Å². The van der Waals surface area contributed by atoms with Gasteiger partial charge in [0.05, 0.1) is 18.3 Å². The first-order valence-corrected chi connectivity index (χ1v) is 8.78. The van der Waals surface area contributed by atoms with Gasteiger partial charge in [-0.05, 0) is 30.7 Å². The molecule has 0 aromatic carbocycles. The van der Waals surface area contributed by atoms with E-state index in [9.17, 15) is 14.4 Å². The van der Waals surface area contributed by atoms with E-state index in [0.717, 1.165) is 29.7 Å². The summed E-state index contributed by atoms with van der Waals surface area (Å²) in [5, 5.41) is 5.56. The number of aryl methyl sites for hydroxylation is 1. The minimum Gasteiger partial charge on any atom is -0.358 e. The number of hydrogen-bond donors (Lipinski definition) is 2. The van der Waals surface area contributed by atoms with Gasteiger partial charge in [0.1, 0.15) is 11.4 Å². The number of aromatic nitrogens is 2. The molecule has 2 aromatic heterocycles. The monoisotopic (exact) mass is 348 g/mol. The number of rotatable bonds is 4. The Morgan fingerprint density at radius 1 is 1.42 bits per heavy atom. The molecule has 0 fully saturated rings. The number of amides is 2. The summed E-state index contributed by atoms with van der Waals surface area (Å²) >= 11 is 1.58. The van der Waals surface area contributed by atoms with Gasteiger partial charge in [-0.1, -0.05) is 6.92 Å². The molecular weight excluding hydrogens is 328 g/mol. The fourth-order valence-electron chi connectivity index (χ4n) is 2.96. The first kappa shape index (κ1) is 16.6. The van der Waals surface area contributed by atoms with Crippen LogP contribution in [0.25, 0.3) is 10.2 Å². The summed E-state index contributed by atoms with van der Waals surface area (Å²) in [6.07, 6.45) is 4.36. The number of carbonyl (C=O) groups excluding carboxylic acids is 2. The third-order valence-electron chi connectivity index (χ3n) is 4.32. The van der Waals surface area contributed by atoms with Crippen LogP contribution < -0.4 is 16.2 Å². The van der Waals surface area contributed by atoms with Gasteiger partial charge in [-0.2, -0.15) is 0 Å². The topological polar surface area (TPSA) is 93.1 Å². The summed E-state index contributed by atoms with van der Waals surface area (Å²) < 4.78 is 1.31. The average Bonchev–Trinajstić information content (AvgIpc) is 2.93. The van der Waals surface area contributed by atoms with Gasteiger partial charge in [0.15, 0.2) is 0 Å². The van der Waals surface area contributed by atoms with Gasteiger partial charge >= 0.3 is 0 Å². The van der Waals surface area contributed by atoms with Crippen LogP contribution in [0.2, 0.25) is 0 Å². The fraction of sp³-hybridized carbons (Fsp3) is 0.500. The Bertz CT molecular complexity index is 855. The molecule has 0 unspecified atom stereocenters. The number of carbonyl (C=O) groups is 2. The second-order valence-electron chi connectivity index (χ2n) is 6.16. The maximum Gasteiger partial charge on any atom is 0.262 e. The Kier molecular flexibility index (Phi) is 4.66. The van der Waals surface area contributed by atoms with E-state index in [4.69, 9.17) is 0 Å². The molecule has 8 heteroatoms. The summed E-state index contributed by atoms with van der Waals surface area (Å²) in [7, 11) is 1.50. The SMILES string of the molecule is CNC(=O)CNC(=O)Cn1cnc2sc3c(c2c1=O)CC[C@@H](C)C3. The van der Waals surface area contributed by atoms with Gasteiger partial charge < -0.3 is 10.6 Å². The van der Waals surface area contributed by atoms with Crippen LogP contribution in [0.15, 0.2) is 11.1 Å². The Balaban J connectivity index is 1.85. The molecule has 0 saturated heterocycles. The maximum absolute atomic E-state index is 12.7. The average molecular weight is 348 g/mol. The van der Waals surface area contributed by atoms with Crippen molar-refractivity contribution in [3.05, 3.63) is 27.1 Å². The third kappa shape index (κ3) is 3.19. The van der Waals surface area contributed by atoms with Gasteiger partial charge in [-0.3, -0.25) is 19.0 Å². The van der Waals surface area contributed by atoms with E-state index in [2.05, 4.69) is 22.5 Å². The number of fused-ring (bicyclic) bond motifs is 3. The molecule has 0 aliphatic heterocycles. The van der Waals surface area contributed by atoms with Crippen LogP contribution in [0.4, 0.5) is 0 Å². The quantitative estimate of drug-likeness (QED) is 0.839. The molecule has 2 heterocycles. The van der Waals surface area contributed by atoms with E-state index >= 15 is 0 Å². The van der Waals surface area contributed by atoms with Crippen molar-refractivity contribution >= 4 is 33.4 Å². The lowest BCUT2D eigenvalue weighted by Gasteiger charge is -2.17. The zero-order valence-electron chi connectivity index (χ0n) is 13.7. The van der Waals surface area contributed by atoms with E-state index in [1.165, 1.54) is 22.8 Å². The van der Waals surface area contributed by atoms with Gasteiger partial charge in [0.25, 0.3) is 5.56 Å². The molecule has 0 spiro atoms. The summed E-state index contributed by atoms with van der Waals surface area (Å²) in [6, 6.07) is 0. The molecule has 24 heavy (non-hydrogen) atoms. The molecule has 1 aliphatic carbocycles. The van der Waals surface area contributed by atoms with Crippen molar-refractivity contribution in [2.24, 2.45) is 5.92 Å². The lowest BCUT2D eigenvalue weighted by Crippen LogP contribution is -2.38. The number of nitrogens with one attached hydrogen (secondary N) is 2. The van der Waals surface area contributed by atoms with Gasteiger partial charge in [-0.25, -0.2) is 4.98 Å². The largest absolute Gasteiger partial charge is 0.358 e.